The number of nitro groups is 1. The van der Waals surface area contributed by atoms with E-state index >= 15 is 0 Å². The van der Waals surface area contributed by atoms with Crippen LogP contribution in [-0.2, 0) is 4.79 Å². The fourth-order valence-corrected chi connectivity index (χ4v) is 2.07. The normalized spacial score (nSPS) is 17.9. The van der Waals surface area contributed by atoms with Crippen LogP contribution in [0.15, 0.2) is 24.3 Å². The number of nitrogens with zero attached hydrogens (tertiary/aromatic N) is 2. The van der Waals surface area contributed by atoms with Gasteiger partial charge in [-0.05, 0) is 6.07 Å². The van der Waals surface area contributed by atoms with Crippen molar-refractivity contribution in [2.45, 2.75) is 12.3 Å². The van der Waals surface area contributed by atoms with E-state index in [4.69, 9.17) is 0 Å². The molecule has 1 aliphatic heterocycles. The fourth-order valence-electron chi connectivity index (χ4n) is 2.07. The molecule has 6 nitrogen and oxygen atoms in total. The lowest BCUT2D eigenvalue weighted by atomic mass is 10.2. The number of hydrogen-bond donors (Lipinski definition) is 1. The van der Waals surface area contributed by atoms with Crippen LogP contribution in [0.4, 0.5) is 20.2 Å². The minimum atomic E-state index is -2.76. The number of hydrogen-bond acceptors (Lipinski definition) is 4. The highest BCUT2D eigenvalue weighted by Crippen LogP contribution is 2.27. The molecule has 1 amide bonds. The van der Waals surface area contributed by atoms with Crippen molar-refractivity contribution >= 4 is 17.3 Å². The average molecular weight is 285 g/mol. The second-order valence-corrected chi connectivity index (χ2v) is 4.64. The Labute approximate surface area is 113 Å². The summed E-state index contributed by atoms with van der Waals surface area (Å²) in [7, 11) is 0. The maximum atomic E-state index is 13.0. The van der Waals surface area contributed by atoms with Crippen LogP contribution in [0.25, 0.3) is 0 Å². The molecule has 1 heterocycles. The van der Waals surface area contributed by atoms with E-state index in [0.29, 0.717) is 0 Å². The van der Waals surface area contributed by atoms with Gasteiger partial charge in [0.15, 0.2) is 0 Å². The van der Waals surface area contributed by atoms with E-state index in [9.17, 15) is 23.7 Å². The lowest BCUT2D eigenvalue weighted by Crippen LogP contribution is -2.33. The Hall–Kier alpha value is -2.09. The summed E-state index contributed by atoms with van der Waals surface area (Å²) in [5.74, 6) is -3.31. The predicted octanol–water partition coefficient (Wildman–Crippen LogP) is 1.87. The van der Waals surface area contributed by atoms with Crippen LogP contribution in [0.2, 0.25) is 0 Å². The standard InChI is InChI=1S/C12H13F2N3O3/c13-12(14)5-6-16(8-12)7-11(18)15-9-3-1-2-4-10(9)17(19)20/h1-4H,5-8H2,(H,15,18). The maximum absolute atomic E-state index is 13.0. The molecule has 1 aliphatic rings. The summed E-state index contributed by atoms with van der Waals surface area (Å²) >= 11 is 0. The molecule has 1 aromatic rings. The third kappa shape index (κ3) is 3.47. The van der Waals surface area contributed by atoms with E-state index in [2.05, 4.69) is 5.32 Å². The minimum absolute atomic E-state index is 0.0634. The van der Waals surface area contributed by atoms with Crippen LogP contribution in [0, 0.1) is 10.1 Å². The van der Waals surface area contributed by atoms with Crippen molar-refractivity contribution in [2.24, 2.45) is 0 Å². The Morgan fingerprint density at radius 1 is 1.45 bits per heavy atom. The monoisotopic (exact) mass is 285 g/mol. The van der Waals surface area contributed by atoms with E-state index in [0.717, 1.165) is 0 Å². The van der Waals surface area contributed by atoms with Gasteiger partial charge in [-0.15, -0.1) is 0 Å². The van der Waals surface area contributed by atoms with Gasteiger partial charge in [-0.25, -0.2) is 8.78 Å². The molecule has 0 aromatic heterocycles. The zero-order valence-corrected chi connectivity index (χ0v) is 10.5. The highest BCUT2D eigenvalue weighted by molar-refractivity contribution is 5.94. The third-order valence-corrected chi connectivity index (χ3v) is 2.99. The largest absolute Gasteiger partial charge is 0.319 e. The fraction of sp³-hybridized carbons (Fsp3) is 0.417. The quantitative estimate of drug-likeness (QED) is 0.677. The summed E-state index contributed by atoms with van der Waals surface area (Å²) in [6, 6.07) is 5.69. The summed E-state index contributed by atoms with van der Waals surface area (Å²) in [6.07, 6.45) is -0.272. The maximum Gasteiger partial charge on any atom is 0.292 e. The van der Waals surface area contributed by atoms with Gasteiger partial charge in [-0.1, -0.05) is 12.1 Å². The predicted molar refractivity (Wildman–Crippen MR) is 67.7 cm³/mol. The van der Waals surface area contributed by atoms with Gasteiger partial charge in [0.1, 0.15) is 5.69 Å². The Kier molecular flexibility index (Phi) is 3.93. The van der Waals surface area contributed by atoms with Crippen LogP contribution < -0.4 is 5.32 Å². The second kappa shape index (κ2) is 5.49. The Morgan fingerprint density at radius 3 is 2.75 bits per heavy atom. The lowest BCUT2D eigenvalue weighted by molar-refractivity contribution is -0.383. The molecule has 0 saturated carbocycles. The summed E-state index contributed by atoms with van der Waals surface area (Å²) in [6.45, 7) is -0.532. The molecule has 108 valence electrons. The van der Waals surface area contributed by atoms with E-state index in [-0.39, 0.29) is 30.9 Å². The Bertz CT molecular complexity index is 536. The second-order valence-electron chi connectivity index (χ2n) is 4.64. The molecule has 1 N–H and O–H groups in total. The Morgan fingerprint density at radius 2 is 2.15 bits per heavy atom. The number of rotatable bonds is 4. The first-order chi connectivity index (χ1) is 9.37. The molecule has 0 aliphatic carbocycles. The number of para-hydroxylation sites is 2. The summed E-state index contributed by atoms with van der Waals surface area (Å²) in [5, 5.41) is 13.2. The first kappa shape index (κ1) is 14.3. The lowest BCUT2D eigenvalue weighted by Gasteiger charge is -2.15. The van der Waals surface area contributed by atoms with Gasteiger partial charge in [-0.2, -0.15) is 0 Å². The molecule has 0 bridgehead atoms. The average Bonchev–Trinajstić information content (AvgIpc) is 2.68. The number of nitrogens with one attached hydrogen (secondary N) is 1. The van der Waals surface area contributed by atoms with E-state index in [1.165, 1.54) is 23.1 Å². The van der Waals surface area contributed by atoms with Crippen molar-refractivity contribution in [3.63, 3.8) is 0 Å². The van der Waals surface area contributed by atoms with Crippen molar-refractivity contribution in [3.05, 3.63) is 34.4 Å². The molecule has 0 radical (unpaired) electrons. The highest BCUT2D eigenvalue weighted by atomic mass is 19.3. The van der Waals surface area contributed by atoms with Crippen molar-refractivity contribution in [3.8, 4) is 0 Å². The van der Waals surface area contributed by atoms with Crippen molar-refractivity contribution in [2.75, 3.05) is 25.0 Å². The van der Waals surface area contributed by atoms with Crippen LogP contribution in [0.3, 0.4) is 0 Å². The van der Waals surface area contributed by atoms with Gasteiger partial charge in [-0.3, -0.25) is 19.8 Å². The number of anilines is 1. The first-order valence-electron chi connectivity index (χ1n) is 6.01. The van der Waals surface area contributed by atoms with Gasteiger partial charge in [0, 0.05) is 19.0 Å². The molecule has 8 heteroatoms. The molecule has 20 heavy (non-hydrogen) atoms. The molecular formula is C12H13F2N3O3. The van der Waals surface area contributed by atoms with Gasteiger partial charge in [0.25, 0.3) is 11.6 Å². The molecule has 0 spiro atoms. The van der Waals surface area contributed by atoms with Crippen LogP contribution in [0.5, 0.6) is 0 Å². The topological polar surface area (TPSA) is 75.5 Å². The number of alkyl halides is 2. The number of halogens is 2. The van der Waals surface area contributed by atoms with E-state index < -0.39 is 23.3 Å². The SMILES string of the molecule is O=C(CN1CCC(F)(F)C1)Nc1ccccc1[N+](=O)[O-]. The highest BCUT2D eigenvalue weighted by Gasteiger charge is 2.38. The van der Waals surface area contributed by atoms with E-state index in [1.54, 1.807) is 6.07 Å². The number of carbonyl (C=O) groups is 1. The first-order valence-corrected chi connectivity index (χ1v) is 6.01. The number of benzene rings is 1. The van der Waals surface area contributed by atoms with Gasteiger partial charge < -0.3 is 5.32 Å². The third-order valence-electron chi connectivity index (χ3n) is 2.99. The van der Waals surface area contributed by atoms with Crippen molar-refractivity contribution < 1.29 is 18.5 Å². The number of carbonyl (C=O) groups excluding carboxylic acids is 1. The molecule has 2 rings (SSSR count). The van der Waals surface area contributed by atoms with Crippen molar-refractivity contribution in [1.82, 2.24) is 4.90 Å². The number of likely N-dealkylation sites (tertiary alicyclic amines) is 1. The van der Waals surface area contributed by atoms with Gasteiger partial charge >= 0.3 is 0 Å². The van der Waals surface area contributed by atoms with Crippen LogP contribution >= 0.6 is 0 Å². The zero-order chi connectivity index (χ0) is 14.8. The smallest absolute Gasteiger partial charge is 0.292 e. The molecular weight excluding hydrogens is 272 g/mol. The molecule has 1 saturated heterocycles. The summed E-state index contributed by atoms with van der Waals surface area (Å²) in [4.78, 5) is 23.2. The molecule has 1 aromatic carbocycles. The molecule has 0 unspecified atom stereocenters. The van der Waals surface area contributed by atoms with Crippen LogP contribution in [-0.4, -0.2) is 41.3 Å². The molecule has 1 fully saturated rings. The zero-order valence-electron chi connectivity index (χ0n) is 10.5. The molecule has 0 atom stereocenters. The number of nitro benzene ring substituents is 1. The van der Waals surface area contributed by atoms with E-state index in [1.807, 2.05) is 0 Å². The van der Waals surface area contributed by atoms with Gasteiger partial charge in [0.2, 0.25) is 5.91 Å². The summed E-state index contributed by atoms with van der Waals surface area (Å²) in [5.41, 5.74) is -0.166. The van der Waals surface area contributed by atoms with Gasteiger partial charge in [0.05, 0.1) is 18.0 Å². The van der Waals surface area contributed by atoms with Crippen molar-refractivity contribution in [1.29, 1.82) is 0 Å². The van der Waals surface area contributed by atoms with Crippen LogP contribution in [0.1, 0.15) is 6.42 Å². The summed E-state index contributed by atoms with van der Waals surface area (Å²) < 4.78 is 26.0. The Balaban J connectivity index is 1.97. The minimum Gasteiger partial charge on any atom is -0.319 e. The number of amides is 1.